The maximum atomic E-state index is 13.8. The Morgan fingerprint density at radius 1 is 1.23 bits per heavy atom. The number of carbonyl (C=O) groups excluding carboxylic acids is 1. The molecule has 1 aromatic carbocycles. The van der Waals surface area contributed by atoms with Gasteiger partial charge in [-0.2, -0.15) is 0 Å². The first-order valence-electron chi connectivity index (χ1n) is 6.82. The number of halogens is 2. The number of hydrogen-bond donors (Lipinski definition) is 2. The van der Waals surface area contributed by atoms with Crippen molar-refractivity contribution in [1.29, 1.82) is 0 Å². The van der Waals surface area contributed by atoms with Gasteiger partial charge in [-0.05, 0) is 36.8 Å². The van der Waals surface area contributed by atoms with Crippen LogP contribution in [0.4, 0.5) is 14.6 Å². The average Bonchev–Trinajstić information content (AvgIpc) is 2.55. The third kappa shape index (κ3) is 3.55. The van der Waals surface area contributed by atoms with Gasteiger partial charge in [0, 0.05) is 12.6 Å². The smallest absolute Gasteiger partial charge is 0.271 e. The van der Waals surface area contributed by atoms with Gasteiger partial charge in [-0.25, -0.2) is 8.78 Å². The summed E-state index contributed by atoms with van der Waals surface area (Å²) in [6.45, 7) is 1.84. The van der Waals surface area contributed by atoms with Crippen molar-refractivity contribution in [2.45, 2.75) is 19.4 Å². The van der Waals surface area contributed by atoms with Crippen molar-refractivity contribution in [3.63, 3.8) is 0 Å². The number of rotatable bonds is 5. The molecule has 5 nitrogen and oxygen atoms in total. The molecule has 1 heterocycles. The van der Waals surface area contributed by atoms with Gasteiger partial charge in [0.2, 0.25) is 0 Å². The highest BCUT2D eigenvalue weighted by molar-refractivity contribution is 5.91. The highest BCUT2D eigenvalue weighted by atomic mass is 19.1. The summed E-state index contributed by atoms with van der Waals surface area (Å²) < 4.78 is 27.1. The van der Waals surface area contributed by atoms with E-state index in [-0.39, 0.29) is 17.2 Å². The molecule has 22 heavy (non-hydrogen) atoms. The van der Waals surface area contributed by atoms with E-state index >= 15 is 0 Å². The molecule has 1 unspecified atom stereocenters. The summed E-state index contributed by atoms with van der Waals surface area (Å²) in [7, 11) is 1.50. The van der Waals surface area contributed by atoms with Crippen LogP contribution in [0, 0.1) is 11.6 Å². The first-order valence-corrected chi connectivity index (χ1v) is 6.82. The van der Waals surface area contributed by atoms with Gasteiger partial charge < -0.3 is 10.6 Å². The Labute approximate surface area is 126 Å². The van der Waals surface area contributed by atoms with E-state index in [0.717, 1.165) is 18.2 Å². The van der Waals surface area contributed by atoms with Gasteiger partial charge >= 0.3 is 0 Å². The maximum Gasteiger partial charge on any atom is 0.271 e. The molecule has 1 aromatic heterocycles. The zero-order valence-electron chi connectivity index (χ0n) is 12.2. The molecule has 2 N–H and O–H groups in total. The monoisotopic (exact) mass is 306 g/mol. The minimum Gasteiger partial charge on any atom is -0.362 e. The fourth-order valence-electron chi connectivity index (χ4n) is 2.02. The molecule has 2 rings (SSSR count). The third-order valence-corrected chi connectivity index (χ3v) is 3.19. The quantitative estimate of drug-likeness (QED) is 0.891. The Balaban J connectivity index is 2.20. The standard InChI is InChI=1S/C15H16F2N4O/c1-3-12(10-8-9(16)4-5-11(10)17)19-14-7-6-13(20-21-14)15(22)18-2/h4-8,12H,3H2,1-2H3,(H,18,22)(H,19,21). The SMILES string of the molecule is CCC(Nc1ccc(C(=O)NC)nn1)c1cc(F)ccc1F. The summed E-state index contributed by atoms with van der Waals surface area (Å²) in [5.74, 6) is -0.959. The van der Waals surface area contributed by atoms with Crippen LogP contribution in [0.2, 0.25) is 0 Å². The highest BCUT2D eigenvalue weighted by Crippen LogP contribution is 2.24. The zero-order chi connectivity index (χ0) is 16.1. The molecule has 0 saturated carbocycles. The van der Waals surface area contributed by atoms with Gasteiger partial charge in [0.15, 0.2) is 5.69 Å². The normalized spacial score (nSPS) is 11.8. The number of aromatic nitrogens is 2. The maximum absolute atomic E-state index is 13.8. The molecular formula is C15H16F2N4O. The fourth-order valence-corrected chi connectivity index (χ4v) is 2.02. The van der Waals surface area contributed by atoms with Crippen molar-refractivity contribution in [1.82, 2.24) is 15.5 Å². The van der Waals surface area contributed by atoms with E-state index in [0.29, 0.717) is 12.2 Å². The molecule has 1 atom stereocenters. The summed E-state index contributed by atoms with van der Waals surface area (Å²) in [6, 6.07) is 5.94. The summed E-state index contributed by atoms with van der Waals surface area (Å²) >= 11 is 0. The van der Waals surface area contributed by atoms with Crippen molar-refractivity contribution < 1.29 is 13.6 Å². The number of carbonyl (C=O) groups is 1. The Morgan fingerprint density at radius 3 is 2.59 bits per heavy atom. The average molecular weight is 306 g/mol. The van der Waals surface area contributed by atoms with E-state index in [1.165, 1.54) is 13.1 Å². The van der Waals surface area contributed by atoms with Crippen LogP contribution in [0.3, 0.4) is 0 Å². The van der Waals surface area contributed by atoms with Gasteiger partial charge in [0.1, 0.15) is 17.5 Å². The van der Waals surface area contributed by atoms with E-state index in [2.05, 4.69) is 20.8 Å². The second-order valence-corrected chi connectivity index (χ2v) is 4.65. The van der Waals surface area contributed by atoms with E-state index in [9.17, 15) is 13.6 Å². The van der Waals surface area contributed by atoms with Gasteiger partial charge in [0.05, 0.1) is 6.04 Å². The lowest BCUT2D eigenvalue weighted by Gasteiger charge is -2.18. The van der Waals surface area contributed by atoms with Gasteiger partial charge in [0.25, 0.3) is 5.91 Å². The molecule has 0 bridgehead atoms. The summed E-state index contributed by atoms with van der Waals surface area (Å²) in [5, 5.41) is 13.1. The van der Waals surface area contributed by atoms with Crippen LogP contribution in [0.15, 0.2) is 30.3 Å². The number of nitrogens with one attached hydrogen (secondary N) is 2. The van der Waals surface area contributed by atoms with Crippen molar-refractivity contribution >= 4 is 11.7 Å². The highest BCUT2D eigenvalue weighted by Gasteiger charge is 2.16. The number of nitrogens with zero attached hydrogens (tertiary/aromatic N) is 2. The van der Waals surface area contributed by atoms with Crippen LogP contribution in [-0.2, 0) is 0 Å². The molecule has 0 radical (unpaired) electrons. The summed E-state index contributed by atoms with van der Waals surface area (Å²) in [6.07, 6.45) is 0.527. The van der Waals surface area contributed by atoms with Crippen molar-refractivity contribution in [2.75, 3.05) is 12.4 Å². The minimum absolute atomic E-state index is 0.179. The van der Waals surface area contributed by atoms with Crippen LogP contribution in [0.25, 0.3) is 0 Å². The first kappa shape index (κ1) is 15.8. The van der Waals surface area contributed by atoms with E-state index in [4.69, 9.17) is 0 Å². The Kier molecular flexibility index (Phi) is 4.98. The first-order chi connectivity index (χ1) is 10.5. The molecule has 0 spiro atoms. The second kappa shape index (κ2) is 6.93. The van der Waals surface area contributed by atoms with Crippen LogP contribution >= 0.6 is 0 Å². The van der Waals surface area contributed by atoms with Crippen molar-refractivity contribution in [3.05, 3.63) is 53.2 Å². The van der Waals surface area contributed by atoms with Crippen LogP contribution in [0.1, 0.15) is 35.4 Å². The number of amides is 1. The number of benzene rings is 1. The minimum atomic E-state index is -0.502. The second-order valence-electron chi connectivity index (χ2n) is 4.65. The van der Waals surface area contributed by atoms with E-state index in [1.807, 2.05) is 6.92 Å². The topological polar surface area (TPSA) is 66.9 Å². The predicted octanol–water partition coefficient (Wildman–Crippen LogP) is 2.68. The Morgan fingerprint density at radius 2 is 2.00 bits per heavy atom. The van der Waals surface area contributed by atoms with E-state index < -0.39 is 17.7 Å². The van der Waals surface area contributed by atoms with Crippen LogP contribution in [-0.4, -0.2) is 23.2 Å². The van der Waals surface area contributed by atoms with Gasteiger partial charge in [-0.1, -0.05) is 6.92 Å². The lowest BCUT2D eigenvalue weighted by atomic mass is 10.0. The van der Waals surface area contributed by atoms with Crippen LogP contribution < -0.4 is 10.6 Å². The fraction of sp³-hybridized carbons (Fsp3) is 0.267. The number of anilines is 1. The molecule has 0 aliphatic rings. The van der Waals surface area contributed by atoms with Gasteiger partial charge in [-0.3, -0.25) is 4.79 Å². The largest absolute Gasteiger partial charge is 0.362 e. The van der Waals surface area contributed by atoms with E-state index in [1.54, 1.807) is 6.07 Å². The van der Waals surface area contributed by atoms with Crippen molar-refractivity contribution in [2.24, 2.45) is 0 Å². The molecule has 0 saturated heterocycles. The molecule has 2 aromatic rings. The zero-order valence-corrected chi connectivity index (χ0v) is 12.2. The van der Waals surface area contributed by atoms with Crippen molar-refractivity contribution in [3.8, 4) is 0 Å². The molecule has 7 heteroatoms. The predicted molar refractivity (Wildman–Crippen MR) is 78.4 cm³/mol. The molecule has 116 valence electrons. The summed E-state index contributed by atoms with van der Waals surface area (Å²) in [4.78, 5) is 11.4. The lowest BCUT2D eigenvalue weighted by Crippen LogP contribution is -2.20. The van der Waals surface area contributed by atoms with Gasteiger partial charge in [-0.15, -0.1) is 10.2 Å². The Bertz CT molecular complexity index is 661. The lowest BCUT2D eigenvalue weighted by molar-refractivity contribution is 0.0957. The number of hydrogen-bond acceptors (Lipinski definition) is 4. The molecule has 0 aliphatic carbocycles. The third-order valence-electron chi connectivity index (χ3n) is 3.19. The summed E-state index contributed by atoms with van der Waals surface area (Å²) in [5.41, 5.74) is 0.401. The molecule has 0 aliphatic heterocycles. The molecule has 0 fully saturated rings. The van der Waals surface area contributed by atoms with Crippen LogP contribution in [0.5, 0.6) is 0 Å². The molecule has 1 amide bonds. The molecular weight excluding hydrogens is 290 g/mol. The Hall–Kier alpha value is -2.57.